The summed E-state index contributed by atoms with van der Waals surface area (Å²) in [7, 11) is 0. The SMILES string of the molecule is CC1(C)Cc2nc(N3CCOCC3Cc3cccc(Nc4ccc5c(c4)C(=O)C(=O)N5)c3)sc2C(=O)N1.O=C(O)C(F)(F)F. The number of carboxylic acids is 1. The number of amides is 2. The Morgan fingerprint density at radius 2 is 1.89 bits per heavy atom. The van der Waals surface area contributed by atoms with Crippen LogP contribution in [0.5, 0.6) is 0 Å². The molecule has 3 aliphatic heterocycles. The summed E-state index contributed by atoms with van der Waals surface area (Å²) in [5.74, 6) is -3.92. The van der Waals surface area contributed by atoms with Gasteiger partial charge in [-0.3, -0.25) is 14.4 Å². The number of aromatic nitrogens is 1. The normalized spacial score (nSPS) is 18.8. The van der Waals surface area contributed by atoms with Gasteiger partial charge < -0.3 is 30.7 Å². The van der Waals surface area contributed by atoms with Crippen molar-refractivity contribution in [3.8, 4) is 0 Å². The van der Waals surface area contributed by atoms with E-state index in [2.05, 4.69) is 33.0 Å². The van der Waals surface area contributed by atoms with Crippen LogP contribution < -0.4 is 20.9 Å². The number of Topliss-reactive ketones (excluding diaryl/α,β-unsaturated/α-hetero) is 1. The smallest absolute Gasteiger partial charge is 0.475 e. The Balaban J connectivity index is 0.000000493. The summed E-state index contributed by atoms with van der Waals surface area (Å²) in [5.41, 5.74) is 4.23. The number of thiazole rings is 1. The van der Waals surface area contributed by atoms with Gasteiger partial charge in [-0.2, -0.15) is 13.2 Å². The fraction of sp³-hybridized carbons (Fsp3) is 0.345. The van der Waals surface area contributed by atoms with Crippen LogP contribution in [0.2, 0.25) is 0 Å². The second-order valence-corrected chi connectivity index (χ2v) is 12.1. The van der Waals surface area contributed by atoms with Crippen LogP contribution in [-0.4, -0.2) is 71.2 Å². The second kappa shape index (κ2) is 11.9. The van der Waals surface area contributed by atoms with E-state index < -0.39 is 23.8 Å². The van der Waals surface area contributed by atoms with Gasteiger partial charge in [-0.05, 0) is 56.2 Å². The number of anilines is 4. The van der Waals surface area contributed by atoms with E-state index in [1.54, 1.807) is 12.1 Å². The lowest BCUT2D eigenvalue weighted by atomic mass is 9.94. The topological polar surface area (TPSA) is 150 Å². The highest BCUT2D eigenvalue weighted by atomic mass is 32.1. The molecule has 2 aromatic carbocycles. The van der Waals surface area contributed by atoms with Gasteiger partial charge in [-0.1, -0.05) is 23.5 Å². The first-order valence-corrected chi connectivity index (χ1v) is 14.3. The number of hydrogen-bond acceptors (Lipinski definition) is 9. The zero-order valence-corrected chi connectivity index (χ0v) is 24.4. The molecule has 232 valence electrons. The third kappa shape index (κ3) is 6.83. The molecule has 1 aromatic heterocycles. The van der Waals surface area contributed by atoms with Crippen LogP contribution in [-0.2, 0) is 27.2 Å². The first-order chi connectivity index (χ1) is 20.7. The molecule has 1 atom stereocenters. The highest BCUT2D eigenvalue weighted by Crippen LogP contribution is 2.34. The average Bonchev–Trinajstić information content (AvgIpc) is 3.49. The summed E-state index contributed by atoms with van der Waals surface area (Å²) in [5, 5.41) is 17.0. The molecule has 2 amide bonds. The molecule has 3 aromatic rings. The standard InChI is InChI=1S/C27H27N5O4S.C2HF3O2/c1-27(2)13-21-23(25(35)31-27)37-26(30-21)32-8-9-36-14-18(32)11-15-4-3-5-16(10-15)28-17-6-7-20-19(12-17)22(33)24(34)29-20;3-2(4,5)1(6)7/h3-7,10,12,18,28H,8-9,11,13-14H2,1-2H3,(H,31,35)(H,29,33,34);(H,6,7). The number of fused-ring (bicyclic) bond motifs is 2. The molecule has 3 aliphatic rings. The van der Waals surface area contributed by atoms with Crippen molar-refractivity contribution in [2.75, 3.05) is 35.3 Å². The van der Waals surface area contributed by atoms with E-state index in [0.29, 0.717) is 35.8 Å². The number of nitrogens with one attached hydrogen (secondary N) is 3. The van der Waals surface area contributed by atoms with Gasteiger partial charge in [0.2, 0.25) is 0 Å². The summed E-state index contributed by atoms with van der Waals surface area (Å²) in [6, 6.07) is 13.5. The van der Waals surface area contributed by atoms with Gasteiger partial charge in [0.25, 0.3) is 17.6 Å². The number of ether oxygens (including phenoxy) is 1. The van der Waals surface area contributed by atoms with Gasteiger partial charge in [0.05, 0.1) is 36.2 Å². The molecule has 4 heterocycles. The van der Waals surface area contributed by atoms with E-state index >= 15 is 0 Å². The van der Waals surface area contributed by atoms with Crippen LogP contribution in [0.4, 0.5) is 35.4 Å². The molecule has 15 heteroatoms. The Hall–Kier alpha value is -4.50. The molecule has 0 bridgehead atoms. The van der Waals surface area contributed by atoms with Crippen LogP contribution in [0.3, 0.4) is 0 Å². The Morgan fingerprint density at radius 1 is 1.16 bits per heavy atom. The molecule has 4 N–H and O–H groups in total. The Morgan fingerprint density at radius 3 is 2.61 bits per heavy atom. The number of ketones is 1. The number of morpholine rings is 1. The number of hydrogen-bond donors (Lipinski definition) is 4. The zero-order chi connectivity index (χ0) is 31.8. The van der Waals surface area contributed by atoms with Gasteiger partial charge in [0.15, 0.2) is 5.13 Å². The number of rotatable bonds is 5. The maximum atomic E-state index is 12.6. The minimum absolute atomic E-state index is 0.0491. The predicted octanol–water partition coefficient (Wildman–Crippen LogP) is 4.17. The number of alkyl halides is 3. The lowest BCUT2D eigenvalue weighted by molar-refractivity contribution is -0.192. The molecule has 44 heavy (non-hydrogen) atoms. The summed E-state index contributed by atoms with van der Waals surface area (Å²) < 4.78 is 37.6. The molecule has 0 aliphatic carbocycles. The van der Waals surface area contributed by atoms with Crippen LogP contribution in [0.15, 0.2) is 42.5 Å². The maximum Gasteiger partial charge on any atom is 0.490 e. The molecule has 1 unspecified atom stereocenters. The highest BCUT2D eigenvalue weighted by Gasteiger charge is 2.38. The zero-order valence-electron chi connectivity index (χ0n) is 23.6. The molecule has 0 radical (unpaired) electrons. The van der Waals surface area contributed by atoms with E-state index in [1.165, 1.54) is 11.3 Å². The monoisotopic (exact) mass is 631 g/mol. The number of nitrogens with zero attached hydrogens (tertiary/aromatic N) is 2. The van der Waals surface area contributed by atoms with E-state index in [0.717, 1.165) is 40.7 Å². The van der Waals surface area contributed by atoms with Crippen LogP contribution in [0.25, 0.3) is 0 Å². The van der Waals surface area contributed by atoms with Gasteiger partial charge in [0.1, 0.15) is 4.88 Å². The summed E-state index contributed by atoms with van der Waals surface area (Å²) in [6.07, 6.45) is -3.62. The maximum absolute atomic E-state index is 12.6. The summed E-state index contributed by atoms with van der Waals surface area (Å²) in [4.78, 5) is 53.1. The lowest BCUT2D eigenvalue weighted by Crippen LogP contribution is -2.48. The average molecular weight is 632 g/mol. The van der Waals surface area contributed by atoms with Gasteiger partial charge in [-0.15, -0.1) is 0 Å². The summed E-state index contributed by atoms with van der Waals surface area (Å²) in [6.45, 7) is 5.95. The van der Waals surface area contributed by atoms with Crippen molar-refractivity contribution >= 4 is 57.1 Å². The number of halogens is 3. The molecule has 6 rings (SSSR count). The predicted molar refractivity (Wildman–Crippen MR) is 156 cm³/mol. The van der Waals surface area contributed by atoms with E-state index in [-0.39, 0.29) is 17.5 Å². The molecule has 1 fully saturated rings. The largest absolute Gasteiger partial charge is 0.490 e. The van der Waals surface area contributed by atoms with E-state index in [9.17, 15) is 27.6 Å². The number of carboxylic acid groups (broad SMARTS) is 1. The van der Waals surface area contributed by atoms with Crippen LogP contribution in [0, 0.1) is 0 Å². The van der Waals surface area contributed by atoms with Crippen molar-refractivity contribution in [2.45, 2.75) is 44.4 Å². The number of carbonyl (C=O) groups is 4. The third-order valence-corrected chi connectivity index (χ3v) is 8.21. The molecule has 1 saturated heterocycles. The van der Waals surface area contributed by atoms with Crippen molar-refractivity contribution in [2.24, 2.45) is 0 Å². The molecular formula is C29H28F3N5O6S. The quantitative estimate of drug-likeness (QED) is 0.305. The fourth-order valence-electron chi connectivity index (χ4n) is 5.10. The van der Waals surface area contributed by atoms with Crippen molar-refractivity contribution in [1.29, 1.82) is 0 Å². The second-order valence-electron chi connectivity index (χ2n) is 11.1. The molecular weight excluding hydrogens is 603 g/mol. The number of benzene rings is 2. The van der Waals surface area contributed by atoms with E-state index in [1.807, 2.05) is 32.0 Å². The minimum Gasteiger partial charge on any atom is -0.475 e. The minimum atomic E-state index is -5.08. The van der Waals surface area contributed by atoms with Gasteiger partial charge in [-0.25, -0.2) is 9.78 Å². The van der Waals surface area contributed by atoms with Crippen molar-refractivity contribution < 1.29 is 42.2 Å². The van der Waals surface area contributed by atoms with Gasteiger partial charge >= 0.3 is 12.1 Å². The highest BCUT2D eigenvalue weighted by molar-refractivity contribution is 7.17. The van der Waals surface area contributed by atoms with E-state index in [4.69, 9.17) is 19.6 Å². The third-order valence-electron chi connectivity index (χ3n) is 7.07. The fourth-order valence-corrected chi connectivity index (χ4v) is 6.17. The number of carbonyl (C=O) groups excluding carboxylic acids is 3. The van der Waals surface area contributed by atoms with Crippen LogP contribution >= 0.6 is 11.3 Å². The molecule has 0 saturated carbocycles. The van der Waals surface area contributed by atoms with Crippen molar-refractivity contribution in [3.63, 3.8) is 0 Å². The van der Waals surface area contributed by atoms with Crippen molar-refractivity contribution in [1.82, 2.24) is 10.3 Å². The Bertz CT molecular complexity index is 1640. The number of aliphatic carboxylic acids is 1. The molecule has 11 nitrogen and oxygen atoms in total. The summed E-state index contributed by atoms with van der Waals surface area (Å²) >= 11 is 1.46. The first-order valence-electron chi connectivity index (χ1n) is 13.5. The Labute approximate surface area is 253 Å². The lowest BCUT2D eigenvalue weighted by Gasteiger charge is -2.35. The van der Waals surface area contributed by atoms with Gasteiger partial charge in [0, 0.05) is 29.9 Å². The first kappa shape index (κ1) is 30.9. The van der Waals surface area contributed by atoms with Crippen LogP contribution in [0.1, 0.15) is 45.1 Å². The molecule has 0 spiro atoms. The van der Waals surface area contributed by atoms with Crippen molar-refractivity contribution in [3.05, 3.63) is 64.2 Å². The Kier molecular flexibility index (Phi) is 8.36.